The minimum absolute atomic E-state index is 0.727. The molecule has 1 atom stereocenters. The first-order valence-electron chi connectivity index (χ1n) is 7.69. The summed E-state index contributed by atoms with van der Waals surface area (Å²) < 4.78 is 0. The second-order valence-corrected chi connectivity index (χ2v) is 5.44. The first-order chi connectivity index (χ1) is 10.2. The van der Waals surface area contributed by atoms with Crippen molar-refractivity contribution in [1.82, 2.24) is 0 Å². The minimum atomic E-state index is -0.727. The maximum absolute atomic E-state index is 10.8. The summed E-state index contributed by atoms with van der Waals surface area (Å²) in [5, 5.41) is 10.8. The Hall–Kier alpha value is -1.86. The van der Waals surface area contributed by atoms with Crippen LogP contribution in [0.15, 0.2) is 66.7 Å². The minimum Gasteiger partial charge on any atom is -0.385 e. The van der Waals surface area contributed by atoms with E-state index >= 15 is 0 Å². The fourth-order valence-electron chi connectivity index (χ4n) is 2.62. The van der Waals surface area contributed by atoms with Crippen LogP contribution >= 0.6 is 0 Å². The van der Waals surface area contributed by atoms with Gasteiger partial charge < -0.3 is 5.11 Å². The first-order valence-corrected chi connectivity index (χ1v) is 7.69. The Morgan fingerprint density at radius 1 is 0.952 bits per heavy atom. The smallest absolute Gasteiger partial charge is 0.0896 e. The molecule has 2 aromatic carbocycles. The largest absolute Gasteiger partial charge is 0.385 e. The van der Waals surface area contributed by atoms with Crippen molar-refractivity contribution in [1.29, 1.82) is 0 Å². The average Bonchev–Trinajstić information content (AvgIpc) is 2.56. The maximum atomic E-state index is 10.8. The summed E-state index contributed by atoms with van der Waals surface area (Å²) in [7, 11) is 0. The Labute approximate surface area is 128 Å². The normalized spacial score (nSPS) is 14.2. The number of hydrogen-bond acceptors (Lipinski definition) is 1. The molecule has 0 saturated heterocycles. The molecule has 1 nitrogen and oxygen atoms in total. The lowest BCUT2D eigenvalue weighted by atomic mass is 9.86. The van der Waals surface area contributed by atoms with Gasteiger partial charge in [-0.15, -0.1) is 0 Å². The van der Waals surface area contributed by atoms with Crippen LogP contribution in [0.25, 0.3) is 11.1 Å². The quantitative estimate of drug-likeness (QED) is 0.711. The topological polar surface area (TPSA) is 20.2 Å². The van der Waals surface area contributed by atoms with Gasteiger partial charge in [0.2, 0.25) is 0 Å². The second kappa shape index (κ2) is 7.24. The van der Waals surface area contributed by atoms with Crippen LogP contribution in [-0.4, -0.2) is 5.11 Å². The lowest BCUT2D eigenvalue weighted by Crippen LogP contribution is -2.24. The summed E-state index contributed by atoms with van der Waals surface area (Å²) in [5.41, 5.74) is 2.67. The highest BCUT2D eigenvalue weighted by molar-refractivity contribution is 5.63. The van der Waals surface area contributed by atoms with Crippen LogP contribution in [0.1, 0.15) is 38.7 Å². The van der Waals surface area contributed by atoms with Gasteiger partial charge in [0.15, 0.2) is 0 Å². The summed E-state index contributed by atoms with van der Waals surface area (Å²) >= 11 is 0. The van der Waals surface area contributed by atoms with Gasteiger partial charge in [-0.05, 0) is 42.9 Å². The first kappa shape index (κ1) is 15.5. The van der Waals surface area contributed by atoms with Crippen molar-refractivity contribution in [2.45, 2.75) is 38.7 Å². The zero-order valence-corrected chi connectivity index (χ0v) is 12.9. The molecule has 1 unspecified atom stereocenters. The Kier molecular flexibility index (Phi) is 5.35. The van der Waals surface area contributed by atoms with Crippen molar-refractivity contribution < 1.29 is 5.11 Å². The molecule has 1 heteroatoms. The number of hydrogen-bond donors (Lipinski definition) is 1. The predicted molar refractivity (Wildman–Crippen MR) is 90.1 cm³/mol. The molecule has 0 fully saturated rings. The molecule has 0 spiro atoms. The van der Waals surface area contributed by atoms with E-state index in [0.717, 1.165) is 24.8 Å². The van der Waals surface area contributed by atoms with Crippen molar-refractivity contribution in [2.75, 3.05) is 0 Å². The van der Waals surface area contributed by atoms with Gasteiger partial charge in [-0.1, -0.05) is 73.7 Å². The van der Waals surface area contributed by atoms with Crippen molar-refractivity contribution >= 4 is 0 Å². The van der Waals surface area contributed by atoms with E-state index in [9.17, 15) is 5.11 Å². The van der Waals surface area contributed by atoms with E-state index in [0.29, 0.717) is 0 Å². The van der Waals surface area contributed by atoms with Gasteiger partial charge in [-0.25, -0.2) is 0 Å². The van der Waals surface area contributed by atoms with Gasteiger partial charge in [0.1, 0.15) is 0 Å². The van der Waals surface area contributed by atoms with Crippen molar-refractivity contribution in [3.05, 3.63) is 72.3 Å². The van der Waals surface area contributed by atoms with Crippen molar-refractivity contribution in [3.8, 4) is 11.1 Å². The zero-order valence-electron chi connectivity index (χ0n) is 12.9. The summed E-state index contributed by atoms with van der Waals surface area (Å²) in [4.78, 5) is 0. The third-order valence-corrected chi connectivity index (χ3v) is 4.07. The van der Waals surface area contributed by atoms with E-state index in [1.807, 2.05) is 38.1 Å². The molecule has 1 N–H and O–H groups in total. The van der Waals surface area contributed by atoms with Crippen LogP contribution in [0.3, 0.4) is 0 Å². The Morgan fingerprint density at radius 2 is 1.57 bits per heavy atom. The molecule has 0 aromatic heterocycles. The average molecular weight is 280 g/mol. The standard InChI is InChI=1S/C20H24O/c1-3-5-9-16-20(21,4-2)19-14-12-18(13-15-19)17-10-7-6-8-11-17/h3,5-8,10-15,21H,4,9,16H2,1-2H3. The van der Waals surface area contributed by atoms with E-state index in [2.05, 4.69) is 42.5 Å². The second-order valence-electron chi connectivity index (χ2n) is 5.44. The van der Waals surface area contributed by atoms with E-state index < -0.39 is 5.60 Å². The molecule has 21 heavy (non-hydrogen) atoms. The van der Waals surface area contributed by atoms with E-state index in [4.69, 9.17) is 0 Å². The van der Waals surface area contributed by atoms with E-state index in [1.54, 1.807) is 0 Å². The highest BCUT2D eigenvalue weighted by Gasteiger charge is 2.25. The van der Waals surface area contributed by atoms with E-state index in [-0.39, 0.29) is 0 Å². The molecule has 0 aliphatic rings. The van der Waals surface area contributed by atoms with Crippen LogP contribution < -0.4 is 0 Å². The van der Waals surface area contributed by atoms with Gasteiger partial charge in [-0.2, -0.15) is 0 Å². The summed E-state index contributed by atoms with van der Waals surface area (Å²) in [6.45, 7) is 4.06. The zero-order chi connectivity index (χ0) is 15.1. The van der Waals surface area contributed by atoms with Crippen LogP contribution in [0, 0.1) is 0 Å². The fourth-order valence-corrected chi connectivity index (χ4v) is 2.62. The van der Waals surface area contributed by atoms with Gasteiger partial charge in [0, 0.05) is 0 Å². The molecule has 0 saturated carbocycles. The van der Waals surface area contributed by atoms with Crippen LogP contribution in [0.4, 0.5) is 0 Å². The molecule has 0 heterocycles. The monoisotopic (exact) mass is 280 g/mol. The van der Waals surface area contributed by atoms with Crippen molar-refractivity contribution in [3.63, 3.8) is 0 Å². The molecule has 2 aromatic rings. The predicted octanol–water partition coefficient (Wildman–Crippen LogP) is 5.31. The van der Waals surface area contributed by atoms with Crippen molar-refractivity contribution in [2.24, 2.45) is 0 Å². The third-order valence-electron chi connectivity index (χ3n) is 4.07. The molecule has 0 bridgehead atoms. The number of rotatable bonds is 6. The Bertz CT molecular complexity index is 569. The summed E-state index contributed by atoms with van der Waals surface area (Å²) in [6.07, 6.45) is 6.54. The maximum Gasteiger partial charge on any atom is 0.0896 e. The van der Waals surface area contributed by atoms with Gasteiger partial charge >= 0.3 is 0 Å². The molecule has 0 radical (unpaired) electrons. The molecular formula is C20H24O. The molecule has 0 aliphatic heterocycles. The highest BCUT2D eigenvalue weighted by atomic mass is 16.3. The Balaban J connectivity index is 2.20. The van der Waals surface area contributed by atoms with Gasteiger partial charge in [0.05, 0.1) is 5.60 Å². The lowest BCUT2D eigenvalue weighted by molar-refractivity contribution is 0.0243. The number of benzene rings is 2. The lowest BCUT2D eigenvalue weighted by Gasteiger charge is -2.27. The third kappa shape index (κ3) is 3.83. The van der Waals surface area contributed by atoms with Gasteiger partial charge in [0.25, 0.3) is 0 Å². The van der Waals surface area contributed by atoms with Gasteiger partial charge in [-0.3, -0.25) is 0 Å². The fraction of sp³-hybridized carbons (Fsp3) is 0.300. The SMILES string of the molecule is CC=CCCC(O)(CC)c1ccc(-c2ccccc2)cc1. The highest BCUT2D eigenvalue weighted by Crippen LogP contribution is 2.31. The molecular weight excluding hydrogens is 256 g/mol. The molecule has 0 aliphatic carbocycles. The number of aliphatic hydroxyl groups is 1. The van der Waals surface area contributed by atoms with E-state index in [1.165, 1.54) is 11.1 Å². The van der Waals surface area contributed by atoms with Crippen LogP contribution in [0.2, 0.25) is 0 Å². The summed E-state index contributed by atoms with van der Waals surface area (Å²) in [6, 6.07) is 18.6. The van der Waals surface area contributed by atoms with Crippen LogP contribution in [0.5, 0.6) is 0 Å². The van der Waals surface area contributed by atoms with Crippen LogP contribution in [-0.2, 0) is 5.60 Å². The molecule has 0 amide bonds. The number of allylic oxidation sites excluding steroid dienone is 2. The summed E-state index contributed by atoms with van der Waals surface area (Å²) in [5.74, 6) is 0. The molecule has 2 rings (SSSR count). The molecule has 110 valence electrons. The Morgan fingerprint density at radius 3 is 2.14 bits per heavy atom.